The number of nitrogens with one attached hydrogen (secondary N) is 1. The molecule has 1 N–H and O–H groups in total. The molecule has 138 valence electrons. The number of halogens is 2. The van der Waals surface area contributed by atoms with Crippen LogP contribution in [0, 0.1) is 0 Å². The van der Waals surface area contributed by atoms with Crippen LogP contribution in [0.2, 0.25) is 5.02 Å². The number of benzene rings is 2. The summed E-state index contributed by atoms with van der Waals surface area (Å²) in [7, 11) is 1.49. The van der Waals surface area contributed by atoms with E-state index in [1.807, 2.05) is 24.3 Å². The number of hydrogen-bond donors (Lipinski definition) is 1. The Morgan fingerprint density at radius 2 is 1.93 bits per heavy atom. The van der Waals surface area contributed by atoms with E-state index in [0.29, 0.717) is 22.2 Å². The standard InChI is InChI=1S/C19H15BrClN3O3/c1-27-17-8-6-14(21)10-16(17)22-18(25)11-24-19(26)9-7-15(23-24)12-2-4-13(20)5-3-12/h2-10H,11H2,1H3,(H,22,25). The summed E-state index contributed by atoms with van der Waals surface area (Å²) in [4.78, 5) is 24.5. The first kappa shape index (κ1) is 19.1. The molecule has 27 heavy (non-hydrogen) atoms. The lowest BCUT2D eigenvalue weighted by Crippen LogP contribution is -2.29. The average Bonchev–Trinajstić information content (AvgIpc) is 2.64. The van der Waals surface area contributed by atoms with E-state index in [2.05, 4.69) is 26.3 Å². The van der Waals surface area contributed by atoms with Crippen LogP contribution in [-0.2, 0) is 11.3 Å². The number of amides is 1. The molecule has 0 aliphatic heterocycles. The number of carbonyl (C=O) groups is 1. The van der Waals surface area contributed by atoms with E-state index in [9.17, 15) is 9.59 Å². The average molecular weight is 449 g/mol. The van der Waals surface area contributed by atoms with Crippen molar-refractivity contribution in [3.63, 3.8) is 0 Å². The normalized spacial score (nSPS) is 10.5. The van der Waals surface area contributed by atoms with Crippen LogP contribution < -0.4 is 15.6 Å². The number of methoxy groups -OCH3 is 1. The highest BCUT2D eigenvalue weighted by Crippen LogP contribution is 2.27. The minimum absolute atomic E-state index is 0.237. The molecule has 2 aromatic carbocycles. The summed E-state index contributed by atoms with van der Waals surface area (Å²) in [5.41, 5.74) is 1.48. The number of rotatable bonds is 5. The molecule has 0 aliphatic rings. The monoisotopic (exact) mass is 447 g/mol. The molecule has 1 amide bonds. The number of carbonyl (C=O) groups excluding carboxylic acids is 1. The predicted octanol–water partition coefficient (Wildman–Crippen LogP) is 3.97. The Morgan fingerprint density at radius 1 is 1.19 bits per heavy atom. The molecule has 6 nitrogen and oxygen atoms in total. The van der Waals surface area contributed by atoms with Crippen molar-refractivity contribution in [2.24, 2.45) is 0 Å². The number of aromatic nitrogens is 2. The van der Waals surface area contributed by atoms with E-state index in [0.717, 1.165) is 14.7 Å². The summed E-state index contributed by atoms with van der Waals surface area (Å²) in [6.45, 7) is -0.237. The van der Waals surface area contributed by atoms with Gasteiger partial charge in [-0.05, 0) is 36.4 Å². The zero-order valence-electron chi connectivity index (χ0n) is 14.3. The van der Waals surface area contributed by atoms with Crippen LogP contribution in [0.5, 0.6) is 5.75 Å². The largest absolute Gasteiger partial charge is 0.495 e. The summed E-state index contributed by atoms with van der Waals surface area (Å²) in [6, 6.07) is 15.4. The molecule has 0 aliphatic carbocycles. The number of nitrogens with zero attached hydrogens (tertiary/aromatic N) is 2. The van der Waals surface area contributed by atoms with Crippen molar-refractivity contribution in [2.45, 2.75) is 6.54 Å². The molecule has 0 fully saturated rings. The van der Waals surface area contributed by atoms with Gasteiger partial charge in [-0.1, -0.05) is 39.7 Å². The summed E-state index contributed by atoms with van der Waals surface area (Å²) in [5, 5.41) is 7.43. The van der Waals surface area contributed by atoms with Gasteiger partial charge in [0.25, 0.3) is 5.56 Å². The molecule has 8 heteroatoms. The van der Waals surface area contributed by atoms with Crippen LogP contribution in [0.3, 0.4) is 0 Å². The van der Waals surface area contributed by atoms with Gasteiger partial charge in [0.2, 0.25) is 5.91 Å². The lowest BCUT2D eigenvalue weighted by atomic mass is 10.1. The SMILES string of the molecule is COc1ccc(Cl)cc1NC(=O)Cn1nc(-c2ccc(Br)cc2)ccc1=O. The highest BCUT2D eigenvalue weighted by molar-refractivity contribution is 9.10. The quantitative estimate of drug-likeness (QED) is 0.641. The molecule has 0 radical (unpaired) electrons. The van der Waals surface area contributed by atoms with Crippen LogP contribution in [0.25, 0.3) is 11.3 Å². The van der Waals surface area contributed by atoms with E-state index >= 15 is 0 Å². The topological polar surface area (TPSA) is 73.2 Å². The Labute approximate surface area is 168 Å². The molecule has 0 bridgehead atoms. The maximum atomic E-state index is 12.4. The second-order valence-corrected chi connectivity index (χ2v) is 6.97. The Bertz CT molecular complexity index is 1040. The van der Waals surface area contributed by atoms with Gasteiger partial charge in [-0.2, -0.15) is 5.10 Å². The van der Waals surface area contributed by atoms with Gasteiger partial charge in [0, 0.05) is 21.1 Å². The first-order valence-corrected chi connectivity index (χ1v) is 9.11. The van der Waals surface area contributed by atoms with Crippen molar-refractivity contribution >= 4 is 39.1 Å². The molecule has 1 aromatic heterocycles. The third-order valence-corrected chi connectivity index (χ3v) is 4.50. The van der Waals surface area contributed by atoms with Gasteiger partial charge in [0.05, 0.1) is 18.5 Å². The van der Waals surface area contributed by atoms with Crippen LogP contribution in [-0.4, -0.2) is 22.8 Å². The van der Waals surface area contributed by atoms with Gasteiger partial charge < -0.3 is 10.1 Å². The molecule has 0 saturated heterocycles. The minimum atomic E-state index is -0.418. The van der Waals surface area contributed by atoms with E-state index in [1.54, 1.807) is 24.3 Å². The Balaban J connectivity index is 1.82. The van der Waals surface area contributed by atoms with Gasteiger partial charge in [-0.15, -0.1) is 0 Å². The van der Waals surface area contributed by atoms with Crippen molar-refractivity contribution in [3.05, 3.63) is 74.4 Å². The Kier molecular flexibility index (Phi) is 5.93. The van der Waals surface area contributed by atoms with E-state index in [-0.39, 0.29) is 12.1 Å². The van der Waals surface area contributed by atoms with Crippen LogP contribution in [0.15, 0.2) is 63.9 Å². The van der Waals surface area contributed by atoms with E-state index in [1.165, 1.54) is 13.2 Å². The summed E-state index contributed by atoms with van der Waals surface area (Å²) >= 11 is 9.34. The molecule has 3 aromatic rings. The minimum Gasteiger partial charge on any atom is -0.495 e. The Morgan fingerprint density at radius 3 is 2.63 bits per heavy atom. The molecular formula is C19H15BrClN3O3. The first-order chi connectivity index (χ1) is 13.0. The van der Waals surface area contributed by atoms with Crippen molar-refractivity contribution < 1.29 is 9.53 Å². The molecular weight excluding hydrogens is 434 g/mol. The molecule has 0 atom stereocenters. The second kappa shape index (κ2) is 8.37. The van der Waals surface area contributed by atoms with Crippen molar-refractivity contribution in [3.8, 4) is 17.0 Å². The van der Waals surface area contributed by atoms with E-state index < -0.39 is 5.91 Å². The molecule has 1 heterocycles. The van der Waals surface area contributed by atoms with Gasteiger partial charge in [0.1, 0.15) is 12.3 Å². The fourth-order valence-electron chi connectivity index (χ4n) is 2.44. The number of anilines is 1. The predicted molar refractivity (Wildman–Crippen MR) is 108 cm³/mol. The zero-order valence-corrected chi connectivity index (χ0v) is 16.6. The summed E-state index contributed by atoms with van der Waals surface area (Å²) in [6.07, 6.45) is 0. The van der Waals surface area contributed by atoms with Crippen LogP contribution >= 0.6 is 27.5 Å². The second-order valence-electron chi connectivity index (χ2n) is 5.61. The van der Waals surface area contributed by atoms with Crippen molar-refractivity contribution in [1.29, 1.82) is 0 Å². The number of hydrogen-bond acceptors (Lipinski definition) is 4. The number of ether oxygens (including phenoxy) is 1. The third kappa shape index (κ3) is 4.75. The smallest absolute Gasteiger partial charge is 0.267 e. The van der Waals surface area contributed by atoms with Crippen LogP contribution in [0.1, 0.15) is 0 Å². The van der Waals surface area contributed by atoms with Gasteiger partial charge in [-0.25, -0.2) is 4.68 Å². The van der Waals surface area contributed by atoms with Gasteiger partial charge in [-0.3, -0.25) is 9.59 Å². The van der Waals surface area contributed by atoms with Gasteiger partial charge in [0.15, 0.2) is 0 Å². The first-order valence-electron chi connectivity index (χ1n) is 7.94. The molecule has 0 spiro atoms. The van der Waals surface area contributed by atoms with Crippen molar-refractivity contribution in [1.82, 2.24) is 9.78 Å². The lowest BCUT2D eigenvalue weighted by molar-refractivity contribution is -0.117. The fraction of sp³-hybridized carbons (Fsp3) is 0.105. The molecule has 0 unspecified atom stereocenters. The third-order valence-electron chi connectivity index (χ3n) is 3.74. The molecule has 3 rings (SSSR count). The maximum Gasteiger partial charge on any atom is 0.267 e. The lowest BCUT2D eigenvalue weighted by Gasteiger charge is -2.11. The van der Waals surface area contributed by atoms with E-state index in [4.69, 9.17) is 16.3 Å². The maximum absolute atomic E-state index is 12.4. The Hall–Kier alpha value is -2.64. The van der Waals surface area contributed by atoms with Crippen LogP contribution in [0.4, 0.5) is 5.69 Å². The zero-order chi connectivity index (χ0) is 19.4. The highest BCUT2D eigenvalue weighted by Gasteiger charge is 2.11. The summed E-state index contributed by atoms with van der Waals surface area (Å²) in [5.74, 6) is 0.0507. The highest BCUT2D eigenvalue weighted by atomic mass is 79.9. The van der Waals surface area contributed by atoms with Crippen molar-refractivity contribution in [2.75, 3.05) is 12.4 Å². The molecule has 0 saturated carbocycles. The fourth-order valence-corrected chi connectivity index (χ4v) is 2.88. The van der Waals surface area contributed by atoms with Gasteiger partial charge >= 0.3 is 0 Å². The summed E-state index contributed by atoms with van der Waals surface area (Å²) < 4.78 is 7.25.